The molecule has 6 nitrogen and oxygen atoms in total. The number of carbonyl (C=O) groups excluding carboxylic acids is 4. The van der Waals surface area contributed by atoms with E-state index in [0.717, 1.165) is 0 Å². The molecule has 0 aliphatic carbocycles. The highest BCUT2D eigenvalue weighted by molar-refractivity contribution is 5.96. The number of hydrogen-bond donors (Lipinski definition) is 1. The smallest absolute Gasteiger partial charge is 0.311 e. The molecule has 0 heterocycles. The van der Waals surface area contributed by atoms with Gasteiger partial charge in [-0.1, -0.05) is 18.2 Å². The van der Waals surface area contributed by atoms with E-state index in [-0.39, 0.29) is 13.0 Å². The SMILES string of the molecule is CCOC(=O)[C@@H](CC=O)[C@H](C=O)NC(=O)c1ccccc1. The van der Waals surface area contributed by atoms with Crippen LogP contribution < -0.4 is 5.32 Å². The number of nitrogens with one attached hydrogen (secondary N) is 1. The Morgan fingerprint density at radius 2 is 1.90 bits per heavy atom. The fraction of sp³-hybridized carbons (Fsp3) is 0.333. The molecule has 0 radical (unpaired) electrons. The second-order valence-electron chi connectivity index (χ2n) is 4.26. The normalized spacial score (nSPS) is 12.8. The van der Waals surface area contributed by atoms with Crippen LogP contribution in [0.15, 0.2) is 30.3 Å². The standard InChI is InChI=1S/C15H17NO5/c1-2-21-15(20)12(8-9-17)13(10-18)16-14(19)11-6-4-3-5-7-11/h3-7,9-10,12-13H,2,8H2,1H3,(H,16,19)/t12-,13-/m0/s1. The number of amides is 1. The molecule has 112 valence electrons. The van der Waals surface area contributed by atoms with Crippen molar-refractivity contribution >= 4 is 24.4 Å². The van der Waals surface area contributed by atoms with Gasteiger partial charge in [-0.15, -0.1) is 0 Å². The molecule has 0 fully saturated rings. The van der Waals surface area contributed by atoms with Crippen molar-refractivity contribution < 1.29 is 23.9 Å². The number of hydrogen-bond acceptors (Lipinski definition) is 5. The van der Waals surface area contributed by atoms with Crippen molar-refractivity contribution in [2.24, 2.45) is 5.92 Å². The number of ether oxygens (including phenoxy) is 1. The highest BCUT2D eigenvalue weighted by Crippen LogP contribution is 2.10. The molecule has 0 spiro atoms. The van der Waals surface area contributed by atoms with E-state index in [1.54, 1.807) is 37.3 Å². The molecule has 1 N–H and O–H groups in total. The minimum atomic E-state index is -1.11. The maximum Gasteiger partial charge on any atom is 0.311 e. The van der Waals surface area contributed by atoms with Crippen LogP contribution in [0.4, 0.5) is 0 Å². The van der Waals surface area contributed by atoms with Crippen LogP contribution in [-0.4, -0.2) is 37.1 Å². The molecule has 1 amide bonds. The Kier molecular flexibility index (Phi) is 6.80. The molecule has 1 aromatic carbocycles. The van der Waals surface area contributed by atoms with E-state index >= 15 is 0 Å². The second kappa shape index (κ2) is 8.63. The van der Waals surface area contributed by atoms with E-state index in [2.05, 4.69) is 5.32 Å². The molecule has 1 rings (SSSR count). The van der Waals surface area contributed by atoms with Gasteiger partial charge < -0.3 is 19.6 Å². The van der Waals surface area contributed by atoms with Gasteiger partial charge >= 0.3 is 5.97 Å². The summed E-state index contributed by atoms with van der Waals surface area (Å²) in [6.07, 6.45) is 0.760. The molecular weight excluding hydrogens is 274 g/mol. The molecule has 0 saturated carbocycles. The van der Waals surface area contributed by atoms with Gasteiger partial charge in [-0.25, -0.2) is 0 Å². The summed E-state index contributed by atoms with van der Waals surface area (Å²) in [7, 11) is 0. The first-order valence-corrected chi connectivity index (χ1v) is 6.55. The summed E-state index contributed by atoms with van der Waals surface area (Å²) in [6, 6.07) is 7.16. The van der Waals surface area contributed by atoms with Crippen molar-refractivity contribution in [3.8, 4) is 0 Å². The molecule has 1 aromatic rings. The Morgan fingerprint density at radius 1 is 1.24 bits per heavy atom. The minimum absolute atomic E-state index is 0.131. The van der Waals surface area contributed by atoms with Crippen molar-refractivity contribution in [1.29, 1.82) is 0 Å². The maximum atomic E-state index is 12.0. The molecule has 6 heteroatoms. The first-order chi connectivity index (χ1) is 10.1. The molecule has 0 bridgehead atoms. The van der Waals surface area contributed by atoms with Crippen LogP contribution >= 0.6 is 0 Å². The molecule has 0 aliphatic heterocycles. The molecule has 0 saturated heterocycles. The van der Waals surface area contributed by atoms with Gasteiger partial charge in [0.2, 0.25) is 0 Å². The quantitative estimate of drug-likeness (QED) is 0.564. The third-order valence-corrected chi connectivity index (χ3v) is 2.85. The van der Waals surface area contributed by atoms with Crippen LogP contribution in [0.3, 0.4) is 0 Å². The Hall–Kier alpha value is -2.50. The topological polar surface area (TPSA) is 89.5 Å². The Labute approximate surface area is 122 Å². The van der Waals surface area contributed by atoms with Crippen LogP contribution in [0.25, 0.3) is 0 Å². The zero-order chi connectivity index (χ0) is 15.7. The predicted molar refractivity (Wildman–Crippen MR) is 74.6 cm³/mol. The van der Waals surface area contributed by atoms with E-state index in [9.17, 15) is 19.2 Å². The maximum absolute atomic E-state index is 12.0. The lowest BCUT2D eigenvalue weighted by molar-refractivity contribution is -0.150. The van der Waals surface area contributed by atoms with E-state index in [0.29, 0.717) is 18.1 Å². The van der Waals surface area contributed by atoms with E-state index in [4.69, 9.17) is 4.74 Å². The Bertz CT molecular complexity index is 500. The van der Waals surface area contributed by atoms with Gasteiger partial charge in [-0.3, -0.25) is 9.59 Å². The number of aldehydes is 2. The average molecular weight is 291 g/mol. The fourth-order valence-electron chi connectivity index (χ4n) is 1.80. The van der Waals surface area contributed by atoms with Crippen molar-refractivity contribution in [2.75, 3.05) is 6.61 Å². The van der Waals surface area contributed by atoms with Crippen LogP contribution in [0.1, 0.15) is 23.7 Å². The van der Waals surface area contributed by atoms with Crippen LogP contribution in [0.5, 0.6) is 0 Å². The summed E-state index contributed by atoms with van der Waals surface area (Å²) in [5.41, 5.74) is 0.359. The highest BCUT2D eigenvalue weighted by atomic mass is 16.5. The Balaban J connectivity index is 2.83. The molecule has 0 unspecified atom stereocenters. The van der Waals surface area contributed by atoms with E-state index < -0.39 is 23.8 Å². The number of carbonyl (C=O) groups is 4. The molecule has 21 heavy (non-hydrogen) atoms. The first-order valence-electron chi connectivity index (χ1n) is 6.55. The van der Waals surface area contributed by atoms with Crippen molar-refractivity contribution in [1.82, 2.24) is 5.32 Å². The van der Waals surface area contributed by atoms with Gasteiger partial charge in [-0.05, 0) is 19.1 Å². The third kappa shape index (κ3) is 4.83. The van der Waals surface area contributed by atoms with Crippen LogP contribution in [0.2, 0.25) is 0 Å². The van der Waals surface area contributed by atoms with E-state index in [1.165, 1.54) is 0 Å². The van der Waals surface area contributed by atoms with Gasteiger partial charge in [0.15, 0.2) is 0 Å². The third-order valence-electron chi connectivity index (χ3n) is 2.85. The Morgan fingerprint density at radius 3 is 2.43 bits per heavy atom. The summed E-state index contributed by atoms with van der Waals surface area (Å²) < 4.78 is 4.82. The summed E-state index contributed by atoms with van der Waals surface area (Å²) in [4.78, 5) is 45.6. The second-order valence-corrected chi connectivity index (χ2v) is 4.26. The predicted octanol–water partition coefficient (Wildman–Crippen LogP) is 0.752. The van der Waals surface area contributed by atoms with E-state index in [1.807, 2.05) is 0 Å². The monoisotopic (exact) mass is 291 g/mol. The molecule has 2 atom stereocenters. The summed E-state index contributed by atoms with van der Waals surface area (Å²) in [5, 5.41) is 2.44. The fourth-order valence-corrected chi connectivity index (χ4v) is 1.80. The van der Waals surface area contributed by atoms with Crippen molar-refractivity contribution in [2.45, 2.75) is 19.4 Å². The number of benzene rings is 1. The summed E-state index contributed by atoms with van der Waals surface area (Å²) >= 11 is 0. The molecule has 0 aliphatic rings. The van der Waals surface area contributed by atoms with Gasteiger partial charge in [0, 0.05) is 12.0 Å². The van der Waals surface area contributed by atoms with Crippen molar-refractivity contribution in [3.05, 3.63) is 35.9 Å². The number of esters is 1. The summed E-state index contributed by atoms with van der Waals surface area (Å²) in [6.45, 7) is 1.75. The highest BCUT2D eigenvalue weighted by Gasteiger charge is 2.30. The lowest BCUT2D eigenvalue weighted by atomic mass is 9.97. The molecular formula is C15H17NO5. The van der Waals surface area contributed by atoms with Gasteiger partial charge in [-0.2, -0.15) is 0 Å². The number of rotatable bonds is 8. The molecule has 0 aromatic heterocycles. The lowest BCUT2D eigenvalue weighted by Crippen LogP contribution is -2.45. The zero-order valence-electron chi connectivity index (χ0n) is 11.7. The first kappa shape index (κ1) is 16.6. The largest absolute Gasteiger partial charge is 0.466 e. The summed E-state index contributed by atoms with van der Waals surface area (Å²) in [5.74, 6) is -2.20. The van der Waals surface area contributed by atoms with Gasteiger partial charge in [0.05, 0.1) is 18.6 Å². The zero-order valence-corrected chi connectivity index (χ0v) is 11.7. The minimum Gasteiger partial charge on any atom is -0.466 e. The van der Waals surface area contributed by atoms with Gasteiger partial charge in [0.25, 0.3) is 5.91 Å². The van der Waals surface area contributed by atoms with Gasteiger partial charge in [0.1, 0.15) is 12.6 Å². The van der Waals surface area contributed by atoms with Crippen molar-refractivity contribution in [3.63, 3.8) is 0 Å². The average Bonchev–Trinajstić information content (AvgIpc) is 2.51. The van der Waals surface area contributed by atoms with Crippen LogP contribution in [0, 0.1) is 5.92 Å². The lowest BCUT2D eigenvalue weighted by Gasteiger charge is -2.20. The van der Waals surface area contributed by atoms with Crippen LogP contribution in [-0.2, 0) is 19.1 Å².